The molecule has 10 heteroatoms. The van der Waals surface area contributed by atoms with Crippen LogP contribution in [0, 0.1) is 0 Å². The summed E-state index contributed by atoms with van der Waals surface area (Å²) in [7, 11) is 0. The van der Waals surface area contributed by atoms with E-state index in [1.54, 1.807) is 0 Å². The molecule has 0 aromatic heterocycles. The first kappa shape index (κ1) is 23.1. The van der Waals surface area contributed by atoms with Gasteiger partial charge in [-0.3, -0.25) is 9.59 Å². The van der Waals surface area contributed by atoms with Crippen molar-refractivity contribution in [3.05, 3.63) is 34.9 Å². The van der Waals surface area contributed by atoms with Gasteiger partial charge in [-0.1, -0.05) is 25.2 Å². The molecule has 170 valence electrons. The van der Waals surface area contributed by atoms with Crippen LogP contribution in [0.15, 0.2) is 34.9 Å². The Bertz CT molecular complexity index is 852. The number of ether oxygens (including phenoxy) is 1. The van der Waals surface area contributed by atoms with Crippen LogP contribution in [-0.4, -0.2) is 66.7 Å². The molecule has 1 saturated heterocycles. The maximum atomic E-state index is 12.8. The molecule has 2 amide bonds. The van der Waals surface area contributed by atoms with Gasteiger partial charge in [0.2, 0.25) is 5.91 Å². The lowest BCUT2D eigenvalue weighted by atomic mass is 9.82. The Morgan fingerprint density at radius 1 is 1.29 bits per heavy atom. The highest BCUT2D eigenvalue weighted by Gasteiger charge is 2.50. The smallest absolute Gasteiger partial charge is 0.412 e. The van der Waals surface area contributed by atoms with Gasteiger partial charge in [0.05, 0.1) is 18.2 Å². The van der Waals surface area contributed by atoms with Crippen molar-refractivity contribution in [3.63, 3.8) is 0 Å². The Kier molecular flexibility index (Phi) is 6.59. The maximum absolute atomic E-state index is 12.8. The van der Waals surface area contributed by atoms with Gasteiger partial charge < -0.3 is 20.3 Å². The average molecular weight is 441 g/mol. The van der Waals surface area contributed by atoms with Crippen LogP contribution in [0.3, 0.4) is 0 Å². The predicted molar refractivity (Wildman–Crippen MR) is 106 cm³/mol. The molecule has 1 unspecified atom stereocenters. The molecular formula is C21H26F3N3O4. The summed E-state index contributed by atoms with van der Waals surface area (Å²) >= 11 is 0. The third-order valence-corrected chi connectivity index (χ3v) is 5.96. The van der Waals surface area contributed by atoms with Gasteiger partial charge in [-0.25, -0.2) is 4.79 Å². The first-order valence-electron chi connectivity index (χ1n) is 10.2. The van der Waals surface area contributed by atoms with Crippen molar-refractivity contribution >= 4 is 17.8 Å². The number of nitrogens with one attached hydrogen (secondary N) is 2. The second kappa shape index (κ2) is 8.86. The van der Waals surface area contributed by atoms with Crippen LogP contribution in [0.2, 0.25) is 0 Å². The van der Waals surface area contributed by atoms with E-state index < -0.39 is 47.7 Å². The summed E-state index contributed by atoms with van der Waals surface area (Å²) < 4.78 is 44.1. The van der Waals surface area contributed by atoms with E-state index >= 15 is 0 Å². The van der Waals surface area contributed by atoms with E-state index in [9.17, 15) is 27.6 Å². The highest BCUT2D eigenvalue weighted by Crippen LogP contribution is 2.41. The molecule has 0 radical (unpaired) electrons. The first-order chi connectivity index (χ1) is 14.6. The molecule has 3 aliphatic rings. The van der Waals surface area contributed by atoms with E-state index in [1.807, 2.05) is 6.92 Å². The van der Waals surface area contributed by atoms with E-state index in [-0.39, 0.29) is 17.6 Å². The molecule has 2 aliphatic heterocycles. The summed E-state index contributed by atoms with van der Waals surface area (Å²) in [5.74, 6) is -1.73. The lowest BCUT2D eigenvalue weighted by Crippen LogP contribution is -2.49. The quantitative estimate of drug-likeness (QED) is 0.635. The van der Waals surface area contributed by atoms with Crippen LogP contribution in [0.5, 0.6) is 0 Å². The number of carbonyl (C=O) groups is 3. The molecule has 1 spiro atoms. The Balaban J connectivity index is 1.58. The van der Waals surface area contributed by atoms with E-state index in [0.717, 1.165) is 12.6 Å². The van der Waals surface area contributed by atoms with Gasteiger partial charge in [-0.15, -0.1) is 0 Å². The van der Waals surface area contributed by atoms with Gasteiger partial charge in [0.15, 0.2) is 0 Å². The van der Waals surface area contributed by atoms with Crippen LogP contribution in [0.25, 0.3) is 0 Å². The van der Waals surface area contributed by atoms with Crippen molar-refractivity contribution in [2.45, 2.75) is 50.9 Å². The second-order valence-corrected chi connectivity index (χ2v) is 7.95. The second-order valence-electron chi connectivity index (χ2n) is 7.95. The molecule has 1 atom stereocenters. The van der Waals surface area contributed by atoms with Crippen LogP contribution in [0.1, 0.15) is 33.1 Å². The first-order valence-corrected chi connectivity index (χ1v) is 10.2. The SMILES string of the molecule is CCN1CCC2(CC1)OC(=O)C(C)=C2C(=O)NCC(=O)NC1C=CC=C(C(F)(F)F)C1. The van der Waals surface area contributed by atoms with Gasteiger partial charge in [-0.05, 0) is 13.5 Å². The fraction of sp³-hybridized carbons (Fsp3) is 0.571. The van der Waals surface area contributed by atoms with E-state index in [4.69, 9.17) is 4.74 Å². The molecule has 2 N–H and O–H groups in total. The van der Waals surface area contributed by atoms with Crippen LogP contribution >= 0.6 is 0 Å². The number of allylic oxidation sites excluding steroid dienone is 2. The Morgan fingerprint density at radius 3 is 2.58 bits per heavy atom. The van der Waals surface area contributed by atoms with Crippen LogP contribution < -0.4 is 10.6 Å². The highest BCUT2D eigenvalue weighted by molar-refractivity contribution is 6.08. The number of alkyl halides is 3. The van der Waals surface area contributed by atoms with Crippen molar-refractivity contribution in [2.24, 2.45) is 0 Å². The number of halogens is 3. The van der Waals surface area contributed by atoms with Crippen molar-refractivity contribution < 1.29 is 32.3 Å². The third-order valence-electron chi connectivity index (χ3n) is 5.96. The molecule has 31 heavy (non-hydrogen) atoms. The molecule has 0 aromatic carbocycles. The lowest BCUT2D eigenvalue weighted by Gasteiger charge is -2.38. The summed E-state index contributed by atoms with van der Waals surface area (Å²) in [4.78, 5) is 39.4. The zero-order valence-electron chi connectivity index (χ0n) is 17.5. The molecule has 0 aromatic rings. The van der Waals surface area contributed by atoms with Gasteiger partial charge in [0.1, 0.15) is 5.60 Å². The molecule has 1 fully saturated rings. The van der Waals surface area contributed by atoms with Gasteiger partial charge >= 0.3 is 12.1 Å². The lowest BCUT2D eigenvalue weighted by molar-refractivity contribution is -0.151. The summed E-state index contributed by atoms with van der Waals surface area (Å²) in [6, 6.07) is -0.812. The number of hydrogen-bond donors (Lipinski definition) is 2. The highest BCUT2D eigenvalue weighted by atomic mass is 19.4. The number of hydrogen-bond acceptors (Lipinski definition) is 5. The average Bonchev–Trinajstić information content (AvgIpc) is 2.96. The number of carbonyl (C=O) groups excluding carboxylic acids is 3. The van der Waals surface area contributed by atoms with E-state index in [0.29, 0.717) is 25.9 Å². The fourth-order valence-corrected chi connectivity index (χ4v) is 4.20. The van der Waals surface area contributed by atoms with Crippen molar-refractivity contribution in [1.82, 2.24) is 15.5 Å². The predicted octanol–water partition coefficient (Wildman–Crippen LogP) is 1.76. The zero-order valence-corrected chi connectivity index (χ0v) is 17.5. The molecule has 0 bridgehead atoms. The molecule has 3 rings (SSSR count). The Hall–Kier alpha value is -2.62. The summed E-state index contributed by atoms with van der Waals surface area (Å²) in [5, 5.41) is 4.96. The van der Waals surface area contributed by atoms with E-state index in [2.05, 4.69) is 15.5 Å². The minimum Gasteiger partial charge on any atom is -0.450 e. The number of nitrogens with zero attached hydrogens (tertiary/aromatic N) is 1. The molecule has 2 heterocycles. The summed E-state index contributed by atoms with van der Waals surface area (Å²) in [6.07, 6.45) is -0.178. The number of likely N-dealkylation sites (tertiary alicyclic amines) is 1. The number of esters is 1. The monoisotopic (exact) mass is 441 g/mol. The zero-order chi connectivity index (χ0) is 22.8. The molecule has 0 saturated carbocycles. The molecule has 7 nitrogen and oxygen atoms in total. The Labute approximate surface area is 178 Å². The third kappa shape index (κ3) is 5.00. The normalized spacial score (nSPS) is 23.6. The molecule has 1 aliphatic carbocycles. The Morgan fingerprint density at radius 2 is 1.97 bits per heavy atom. The number of rotatable bonds is 5. The fourth-order valence-electron chi connectivity index (χ4n) is 4.20. The minimum atomic E-state index is -4.46. The van der Waals surface area contributed by atoms with Crippen molar-refractivity contribution in [1.29, 1.82) is 0 Å². The maximum Gasteiger partial charge on any atom is 0.412 e. The van der Waals surface area contributed by atoms with Crippen LogP contribution in [0.4, 0.5) is 13.2 Å². The van der Waals surface area contributed by atoms with Gasteiger partial charge in [0.25, 0.3) is 5.91 Å². The minimum absolute atomic E-state index is 0.220. The van der Waals surface area contributed by atoms with Gasteiger partial charge in [0, 0.05) is 43.5 Å². The van der Waals surface area contributed by atoms with Gasteiger partial charge in [-0.2, -0.15) is 13.2 Å². The van der Waals surface area contributed by atoms with Crippen molar-refractivity contribution in [2.75, 3.05) is 26.2 Å². The standard InChI is InChI=1S/C21H26F3N3O4/c1-3-27-9-7-20(8-10-27)17(13(2)19(30)31-20)18(29)25-12-16(28)26-15-6-4-5-14(11-15)21(22,23)24/h4-6,15H,3,7-12H2,1-2H3,(H,25,29)(H,26,28). The summed E-state index contributed by atoms with van der Waals surface area (Å²) in [5.41, 5.74) is -1.27. The number of amides is 2. The van der Waals surface area contributed by atoms with E-state index in [1.165, 1.54) is 19.1 Å². The largest absolute Gasteiger partial charge is 0.450 e. The topological polar surface area (TPSA) is 87.7 Å². The van der Waals surface area contributed by atoms with Crippen LogP contribution in [-0.2, 0) is 19.1 Å². The van der Waals surface area contributed by atoms with Crippen molar-refractivity contribution in [3.8, 4) is 0 Å². The number of piperidine rings is 1. The molecular weight excluding hydrogens is 415 g/mol. The summed E-state index contributed by atoms with van der Waals surface area (Å²) in [6.45, 7) is 5.34.